The van der Waals surface area contributed by atoms with Gasteiger partial charge in [-0.15, -0.1) is 0 Å². The summed E-state index contributed by atoms with van der Waals surface area (Å²) in [6.45, 7) is 2.26. The lowest BCUT2D eigenvalue weighted by Gasteiger charge is -2.16. The SMILES string of the molecule is CCc1nc2ccccn2c1C(=O)N(C)CCO. The molecule has 0 spiro atoms. The Morgan fingerprint density at radius 2 is 2.28 bits per heavy atom. The maximum Gasteiger partial charge on any atom is 0.272 e. The molecule has 2 aromatic rings. The van der Waals surface area contributed by atoms with Crippen molar-refractivity contribution >= 4 is 11.6 Å². The van der Waals surface area contributed by atoms with E-state index in [1.54, 1.807) is 11.4 Å². The Labute approximate surface area is 106 Å². The number of imidazole rings is 1. The largest absolute Gasteiger partial charge is 0.395 e. The third kappa shape index (κ3) is 2.09. The van der Waals surface area contributed by atoms with Gasteiger partial charge in [0.2, 0.25) is 0 Å². The van der Waals surface area contributed by atoms with Gasteiger partial charge in [-0.05, 0) is 18.6 Å². The summed E-state index contributed by atoms with van der Waals surface area (Å²) in [5.74, 6) is -0.111. The molecule has 1 amide bonds. The van der Waals surface area contributed by atoms with Gasteiger partial charge < -0.3 is 10.0 Å². The Morgan fingerprint density at radius 3 is 2.94 bits per heavy atom. The molecule has 0 saturated carbocycles. The number of aliphatic hydroxyl groups excluding tert-OH is 1. The van der Waals surface area contributed by atoms with Crippen LogP contribution in [-0.4, -0.2) is 45.5 Å². The van der Waals surface area contributed by atoms with E-state index in [1.165, 1.54) is 4.90 Å². The van der Waals surface area contributed by atoms with Crippen LogP contribution in [0.2, 0.25) is 0 Å². The Morgan fingerprint density at radius 1 is 1.50 bits per heavy atom. The van der Waals surface area contributed by atoms with Crippen molar-refractivity contribution in [1.29, 1.82) is 0 Å². The number of aryl methyl sites for hydroxylation is 1. The number of hydrogen-bond donors (Lipinski definition) is 1. The van der Waals surface area contributed by atoms with Crippen molar-refractivity contribution in [1.82, 2.24) is 14.3 Å². The molecule has 0 atom stereocenters. The van der Waals surface area contributed by atoms with Gasteiger partial charge in [0.15, 0.2) is 0 Å². The maximum absolute atomic E-state index is 12.3. The Hall–Kier alpha value is -1.88. The van der Waals surface area contributed by atoms with Crippen molar-refractivity contribution in [3.8, 4) is 0 Å². The van der Waals surface area contributed by atoms with Crippen LogP contribution < -0.4 is 0 Å². The fourth-order valence-corrected chi connectivity index (χ4v) is 1.95. The summed E-state index contributed by atoms with van der Waals surface area (Å²) in [6, 6.07) is 5.65. The molecule has 0 aliphatic heterocycles. The number of hydrogen-bond acceptors (Lipinski definition) is 3. The minimum atomic E-state index is -0.111. The number of carbonyl (C=O) groups excluding carboxylic acids is 1. The number of rotatable bonds is 4. The van der Waals surface area contributed by atoms with Gasteiger partial charge in [-0.1, -0.05) is 13.0 Å². The summed E-state index contributed by atoms with van der Waals surface area (Å²) in [5.41, 5.74) is 2.15. The minimum Gasteiger partial charge on any atom is -0.395 e. The normalized spacial score (nSPS) is 10.8. The van der Waals surface area contributed by atoms with E-state index in [-0.39, 0.29) is 12.5 Å². The van der Waals surface area contributed by atoms with Crippen molar-refractivity contribution in [3.63, 3.8) is 0 Å². The Balaban J connectivity index is 2.51. The highest BCUT2D eigenvalue weighted by Gasteiger charge is 2.20. The lowest BCUT2D eigenvalue weighted by atomic mass is 10.2. The molecule has 18 heavy (non-hydrogen) atoms. The number of carbonyl (C=O) groups is 1. The molecule has 0 radical (unpaired) electrons. The predicted molar refractivity (Wildman–Crippen MR) is 68.6 cm³/mol. The van der Waals surface area contributed by atoms with Crippen molar-refractivity contribution in [2.24, 2.45) is 0 Å². The number of nitrogens with zero attached hydrogens (tertiary/aromatic N) is 3. The molecule has 96 valence electrons. The van der Waals surface area contributed by atoms with E-state index in [9.17, 15) is 4.79 Å². The third-order valence-corrected chi connectivity index (χ3v) is 2.92. The zero-order valence-corrected chi connectivity index (χ0v) is 10.6. The summed E-state index contributed by atoms with van der Waals surface area (Å²) in [7, 11) is 1.68. The van der Waals surface area contributed by atoms with E-state index in [0.717, 1.165) is 11.3 Å². The van der Waals surface area contributed by atoms with E-state index in [2.05, 4.69) is 4.98 Å². The van der Waals surface area contributed by atoms with Gasteiger partial charge in [0.05, 0.1) is 12.3 Å². The average molecular weight is 247 g/mol. The molecule has 0 aliphatic rings. The number of aliphatic hydroxyl groups is 1. The van der Waals surface area contributed by atoms with Crippen molar-refractivity contribution < 1.29 is 9.90 Å². The highest BCUT2D eigenvalue weighted by molar-refractivity contribution is 5.94. The van der Waals surface area contributed by atoms with Crippen LogP contribution in [-0.2, 0) is 6.42 Å². The van der Waals surface area contributed by atoms with Crippen LogP contribution in [0.25, 0.3) is 5.65 Å². The van der Waals surface area contributed by atoms with Crippen LogP contribution in [0.5, 0.6) is 0 Å². The van der Waals surface area contributed by atoms with Crippen LogP contribution in [0.4, 0.5) is 0 Å². The predicted octanol–water partition coefficient (Wildman–Crippen LogP) is 0.961. The van der Waals surface area contributed by atoms with Gasteiger partial charge in [-0.25, -0.2) is 4.98 Å². The molecule has 2 rings (SSSR count). The van der Waals surface area contributed by atoms with Crippen molar-refractivity contribution in [3.05, 3.63) is 35.8 Å². The fourth-order valence-electron chi connectivity index (χ4n) is 1.95. The molecule has 0 fully saturated rings. The number of aromatic nitrogens is 2. The summed E-state index contributed by atoms with van der Waals surface area (Å²) in [6.07, 6.45) is 2.54. The first-order valence-corrected chi connectivity index (χ1v) is 6.01. The molecular formula is C13H17N3O2. The van der Waals surface area contributed by atoms with Crippen molar-refractivity contribution in [2.45, 2.75) is 13.3 Å². The van der Waals surface area contributed by atoms with E-state index < -0.39 is 0 Å². The molecule has 1 N–H and O–H groups in total. The molecule has 2 aromatic heterocycles. The van der Waals surface area contributed by atoms with Crippen LogP contribution in [0, 0.1) is 0 Å². The molecule has 0 aliphatic carbocycles. The maximum atomic E-state index is 12.3. The smallest absolute Gasteiger partial charge is 0.272 e. The van der Waals surface area contributed by atoms with Gasteiger partial charge in [0.25, 0.3) is 5.91 Å². The summed E-state index contributed by atoms with van der Waals surface area (Å²) in [4.78, 5) is 18.3. The first-order chi connectivity index (χ1) is 8.69. The van der Waals surface area contributed by atoms with Crippen LogP contribution >= 0.6 is 0 Å². The third-order valence-electron chi connectivity index (χ3n) is 2.92. The van der Waals surface area contributed by atoms with Crippen molar-refractivity contribution in [2.75, 3.05) is 20.2 Å². The average Bonchev–Trinajstić information content (AvgIpc) is 2.76. The molecular weight excluding hydrogens is 230 g/mol. The lowest BCUT2D eigenvalue weighted by molar-refractivity contribution is 0.0759. The van der Waals surface area contributed by atoms with Gasteiger partial charge in [-0.2, -0.15) is 0 Å². The number of likely N-dealkylation sites (N-methyl/N-ethyl adjacent to an activating group) is 1. The Kier molecular flexibility index (Phi) is 3.62. The van der Waals surface area contributed by atoms with E-state index in [1.807, 2.05) is 31.3 Å². The molecule has 0 bridgehead atoms. The summed E-state index contributed by atoms with van der Waals surface area (Å²) >= 11 is 0. The zero-order valence-electron chi connectivity index (χ0n) is 10.6. The molecule has 5 nitrogen and oxygen atoms in total. The number of pyridine rings is 1. The summed E-state index contributed by atoms with van der Waals surface area (Å²) < 4.78 is 1.80. The minimum absolute atomic E-state index is 0.0412. The second kappa shape index (κ2) is 5.18. The highest BCUT2D eigenvalue weighted by atomic mass is 16.3. The first-order valence-electron chi connectivity index (χ1n) is 6.01. The lowest BCUT2D eigenvalue weighted by Crippen LogP contribution is -2.31. The van der Waals surface area contributed by atoms with E-state index in [0.29, 0.717) is 18.7 Å². The molecule has 0 saturated heterocycles. The van der Waals surface area contributed by atoms with Crippen LogP contribution in [0.1, 0.15) is 23.1 Å². The zero-order chi connectivity index (χ0) is 13.1. The van der Waals surface area contributed by atoms with E-state index in [4.69, 9.17) is 5.11 Å². The topological polar surface area (TPSA) is 57.8 Å². The second-order valence-electron chi connectivity index (χ2n) is 4.14. The number of fused-ring (bicyclic) bond motifs is 1. The van der Waals surface area contributed by atoms with Gasteiger partial charge in [0.1, 0.15) is 11.3 Å². The monoisotopic (exact) mass is 247 g/mol. The van der Waals surface area contributed by atoms with Gasteiger partial charge >= 0.3 is 0 Å². The van der Waals surface area contributed by atoms with Gasteiger partial charge in [0, 0.05) is 19.8 Å². The standard InChI is InChI=1S/C13H17N3O2/c1-3-10-12(13(18)15(2)8-9-17)16-7-5-4-6-11(16)14-10/h4-7,17H,3,8-9H2,1-2H3. The molecule has 0 unspecified atom stereocenters. The van der Waals surface area contributed by atoms with E-state index >= 15 is 0 Å². The van der Waals surface area contributed by atoms with Crippen LogP contribution in [0.15, 0.2) is 24.4 Å². The highest BCUT2D eigenvalue weighted by Crippen LogP contribution is 2.15. The molecule has 5 heteroatoms. The molecule has 0 aromatic carbocycles. The quantitative estimate of drug-likeness (QED) is 0.875. The van der Waals surface area contributed by atoms with Crippen LogP contribution in [0.3, 0.4) is 0 Å². The first kappa shape index (κ1) is 12.6. The van der Waals surface area contributed by atoms with Gasteiger partial charge in [-0.3, -0.25) is 9.20 Å². The Bertz CT molecular complexity index is 562. The second-order valence-corrected chi connectivity index (χ2v) is 4.14. The summed E-state index contributed by atoms with van der Waals surface area (Å²) in [5, 5.41) is 8.91. The number of amides is 1. The fraction of sp³-hybridized carbons (Fsp3) is 0.385. The molecule has 2 heterocycles.